The Labute approximate surface area is 131 Å². The van der Waals surface area contributed by atoms with Crippen molar-refractivity contribution in [2.75, 3.05) is 14.2 Å². The van der Waals surface area contributed by atoms with Crippen LogP contribution in [0.4, 0.5) is 0 Å². The summed E-state index contributed by atoms with van der Waals surface area (Å²) in [6.07, 6.45) is 3.31. The van der Waals surface area contributed by atoms with Crippen molar-refractivity contribution in [3.8, 4) is 11.5 Å². The summed E-state index contributed by atoms with van der Waals surface area (Å²) in [7, 11) is 3.04. The first kappa shape index (κ1) is 15.3. The number of methoxy groups -OCH3 is 2. The summed E-state index contributed by atoms with van der Waals surface area (Å²) in [6, 6.07) is 6.81. The number of benzene rings is 1. The SMILES string of the molecule is COc1cc(C(=O)OCc2cccnc2)cc(OC)c1Br. The molecule has 0 radical (unpaired) electrons. The van der Waals surface area contributed by atoms with Crippen molar-refractivity contribution in [1.29, 1.82) is 0 Å². The highest BCUT2D eigenvalue weighted by Crippen LogP contribution is 2.35. The summed E-state index contributed by atoms with van der Waals surface area (Å²) in [4.78, 5) is 16.1. The Morgan fingerprint density at radius 3 is 2.43 bits per heavy atom. The lowest BCUT2D eigenvalue weighted by atomic mass is 10.2. The van der Waals surface area contributed by atoms with Crippen LogP contribution in [-0.4, -0.2) is 25.2 Å². The van der Waals surface area contributed by atoms with E-state index >= 15 is 0 Å². The molecule has 2 aromatic rings. The highest BCUT2D eigenvalue weighted by molar-refractivity contribution is 9.10. The lowest BCUT2D eigenvalue weighted by Gasteiger charge is -2.11. The van der Waals surface area contributed by atoms with E-state index in [0.717, 1.165) is 5.56 Å². The van der Waals surface area contributed by atoms with E-state index in [4.69, 9.17) is 14.2 Å². The van der Waals surface area contributed by atoms with Gasteiger partial charge in [-0.15, -0.1) is 0 Å². The molecule has 0 bridgehead atoms. The Kier molecular flexibility index (Phi) is 5.16. The van der Waals surface area contributed by atoms with Crippen LogP contribution < -0.4 is 9.47 Å². The third-order valence-electron chi connectivity index (χ3n) is 2.77. The normalized spacial score (nSPS) is 10.0. The molecule has 21 heavy (non-hydrogen) atoms. The van der Waals surface area contributed by atoms with Crippen molar-refractivity contribution in [3.05, 3.63) is 52.3 Å². The van der Waals surface area contributed by atoms with Crippen LogP contribution in [0.1, 0.15) is 15.9 Å². The second kappa shape index (κ2) is 7.08. The molecule has 1 aromatic heterocycles. The lowest BCUT2D eigenvalue weighted by molar-refractivity contribution is 0.0471. The number of carbonyl (C=O) groups is 1. The topological polar surface area (TPSA) is 57.7 Å². The van der Waals surface area contributed by atoms with Crippen molar-refractivity contribution in [2.45, 2.75) is 6.61 Å². The Balaban J connectivity index is 2.15. The minimum Gasteiger partial charge on any atom is -0.495 e. The van der Waals surface area contributed by atoms with E-state index in [2.05, 4.69) is 20.9 Å². The van der Waals surface area contributed by atoms with E-state index < -0.39 is 5.97 Å². The van der Waals surface area contributed by atoms with Gasteiger partial charge in [-0.25, -0.2) is 4.79 Å². The first-order valence-corrected chi connectivity index (χ1v) is 6.92. The number of rotatable bonds is 5. The van der Waals surface area contributed by atoms with Gasteiger partial charge >= 0.3 is 5.97 Å². The van der Waals surface area contributed by atoms with Crippen molar-refractivity contribution < 1.29 is 19.0 Å². The molecule has 0 amide bonds. The predicted molar refractivity (Wildman–Crippen MR) is 80.6 cm³/mol. The second-order valence-electron chi connectivity index (χ2n) is 4.13. The summed E-state index contributed by atoms with van der Waals surface area (Å²) in [6.45, 7) is 0.160. The molecule has 6 heteroatoms. The van der Waals surface area contributed by atoms with Crippen LogP contribution in [0.3, 0.4) is 0 Å². The van der Waals surface area contributed by atoms with Gasteiger partial charge in [0.15, 0.2) is 0 Å². The highest BCUT2D eigenvalue weighted by atomic mass is 79.9. The summed E-state index contributed by atoms with van der Waals surface area (Å²) in [5, 5.41) is 0. The maximum atomic E-state index is 12.1. The molecule has 0 aliphatic carbocycles. The fourth-order valence-corrected chi connectivity index (χ4v) is 2.26. The first-order chi connectivity index (χ1) is 10.2. The summed E-state index contributed by atoms with van der Waals surface area (Å²) < 4.78 is 16.3. The van der Waals surface area contributed by atoms with Gasteiger partial charge in [0.05, 0.1) is 19.8 Å². The molecule has 0 saturated heterocycles. The molecule has 0 aliphatic rings. The van der Waals surface area contributed by atoms with E-state index in [1.165, 1.54) is 14.2 Å². The average molecular weight is 352 g/mol. The quantitative estimate of drug-likeness (QED) is 0.774. The fraction of sp³-hybridized carbons (Fsp3) is 0.200. The lowest BCUT2D eigenvalue weighted by Crippen LogP contribution is -2.06. The molecular formula is C15H14BrNO4. The van der Waals surface area contributed by atoms with Gasteiger partial charge in [0, 0.05) is 18.0 Å². The Morgan fingerprint density at radius 2 is 1.90 bits per heavy atom. The Hall–Kier alpha value is -2.08. The number of hydrogen-bond donors (Lipinski definition) is 0. The molecular weight excluding hydrogens is 338 g/mol. The molecule has 0 N–H and O–H groups in total. The monoisotopic (exact) mass is 351 g/mol. The summed E-state index contributed by atoms with van der Waals surface area (Å²) in [5.74, 6) is 0.549. The van der Waals surface area contributed by atoms with E-state index in [9.17, 15) is 4.79 Å². The molecule has 110 valence electrons. The summed E-state index contributed by atoms with van der Waals surface area (Å²) >= 11 is 3.35. The number of hydrogen-bond acceptors (Lipinski definition) is 5. The maximum Gasteiger partial charge on any atom is 0.338 e. The molecule has 1 aromatic carbocycles. The number of aromatic nitrogens is 1. The molecule has 0 fully saturated rings. The minimum absolute atomic E-state index is 0.160. The van der Waals surface area contributed by atoms with Gasteiger partial charge in [-0.2, -0.15) is 0 Å². The zero-order valence-electron chi connectivity index (χ0n) is 11.6. The maximum absolute atomic E-state index is 12.1. The molecule has 0 aliphatic heterocycles. The van der Waals surface area contributed by atoms with Gasteiger partial charge in [0.1, 0.15) is 22.6 Å². The summed E-state index contributed by atoms with van der Waals surface area (Å²) in [5.41, 5.74) is 1.18. The zero-order valence-corrected chi connectivity index (χ0v) is 13.2. The number of ether oxygens (including phenoxy) is 3. The largest absolute Gasteiger partial charge is 0.495 e. The van der Waals surface area contributed by atoms with Crippen LogP contribution in [0, 0.1) is 0 Å². The first-order valence-electron chi connectivity index (χ1n) is 6.13. The molecule has 5 nitrogen and oxygen atoms in total. The van der Waals surface area contributed by atoms with E-state index in [1.807, 2.05) is 6.07 Å². The Morgan fingerprint density at radius 1 is 1.24 bits per heavy atom. The smallest absolute Gasteiger partial charge is 0.338 e. The van der Waals surface area contributed by atoms with Crippen LogP contribution in [0.15, 0.2) is 41.1 Å². The van der Waals surface area contributed by atoms with E-state index in [0.29, 0.717) is 21.5 Å². The predicted octanol–water partition coefficient (Wildman–Crippen LogP) is 3.22. The Bertz CT molecular complexity index is 606. The number of esters is 1. The number of pyridine rings is 1. The van der Waals surface area contributed by atoms with Crippen molar-refractivity contribution in [2.24, 2.45) is 0 Å². The molecule has 0 atom stereocenters. The molecule has 0 unspecified atom stereocenters. The van der Waals surface area contributed by atoms with Crippen LogP contribution in [0.5, 0.6) is 11.5 Å². The van der Waals surface area contributed by atoms with Crippen molar-refractivity contribution >= 4 is 21.9 Å². The molecule has 2 rings (SSSR count). The highest BCUT2D eigenvalue weighted by Gasteiger charge is 2.15. The minimum atomic E-state index is -0.456. The van der Waals surface area contributed by atoms with Crippen LogP contribution in [-0.2, 0) is 11.3 Å². The molecule has 0 spiro atoms. The van der Waals surface area contributed by atoms with Gasteiger partial charge in [-0.3, -0.25) is 4.98 Å². The van der Waals surface area contributed by atoms with Crippen molar-refractivity contribution in [1.82, 2.24) is 4.98 Å². The molecule has 1 heterocycles. The zero-order chi connectivity index (χ0) is 15.2. The van der Waals surface area contributed by atoms with Gasteiger partial charge < -0.3 is 14.2 Å². The average Bonchev–Trinajstić information content (AvgIpc) is 2.53. The third kappa shape index (κ3) is 3.72. The van der Waals surface area contributed by atoms with E-state index in [-0.39, 0.29) is 6.61 Å². The number of carbonyl (C=O) groups excluding carboxylic acids is 1. The van der Waals surface area contributed by atoms with Crippen LogP contribution in [0.2, 0.25) is 0 Å². The van der Waals surface area contributed by atoms with Crippen LogP contribution in [0.25, 0.3) is 0 Å². The second-order valence-corrected chi connectivity index (χ2v) is 4.93. The third-order valence-corrected chi connectivity index (χ3v) is 3.56. The van der Waals surface area contributed by atoms with Crippen molar-refractivity contribution in [3.63, 3.8) is 0 Å². The molecule has 0 saturated carbocycles. The van der Waals surface area contributed by atoms with E-state index in [1.54, 1.807) is 30.6 Å². The number of nitrogens with zero attached hydrogens (tertiary/aromatic N) is 1. The van der Waals surface area contributed by atoms with Gasteiger partial charge in [0.25, 0.3) is 0 Å². The number of halogens is 1. The fourth-order valence-electron chi connectivity index (χ4n) is 1.70. The van der Waals surface area contributed by atoms with Gasteiger partial charge in [-0.1, -0.05) is 6.07 Å². The van der Waals surface area contributed by atoms with Gasteiger partial charge in [-0.05, 0) is 34.1 Å². The van der Waals surface area contributed by atoms with Crippen LogP contribution >= 0.6 is 15.9 Å². The van der Waals surface area contributed by atoms with Gasteiger partial charge in [0.2, 0.25) is 0 Å². The standard InChI is InChI=1S/C15H14BrNO4/c1-19-12-6-11(7-13(20-2)14(12)16)15(18)21-9-10-4-3-5-17-8-10/h3-8H,9H2,1-2H3.